The maximum atomic E-state index is 4.38. The summed E-state index contributed by atoms with van der Waals surface area (Å²) in [4.78, 5) is 8.73. The van der Waals surface area contributed by atoms with Crippen LogP contribution in [0.4, 0.5) is 11.6 Å². The molecule has 0 spiro atoms. The molecule has 0 fully saturated rings. The SMILES string of the molecule is CCCCCNc1cc(NCCC)nc(C)n1. The van der Waals surface area contributed by atoms with Crippen LogP contribution in [0.25, 0.3) is 0 Å². The van der Waals surface area contributed by atoms with Crippen LogP contribution in [0.1, 0.15) is 45.4 Å². The molecule has 0 saturated carbocycles. The Kier molecular flexibility index (Phi) is 6.37. The summed E-state index contributed by atoms with van der Waals surface area (Å²) in [5, 5.41) is 6.63. The molecule has 1 rings (SSSR count). The number of unbranched alkanes of at least 4 members (excludes halogenated alkanes) is 2. The van der Waals surface area contributed by atoms with Crippen molar-refractivity contribution in [3.8, 4) is 0 Å². The molecule has 4 heteroatoms. The zero-order valence-electron chi connectivity index (χ0n) is 11.2. The van der Waals surface area contributed by atoms with E-state index in [4.69, 9.17) is 0 Å². The van der Waals surface area contributed by atoms with E-state index < -0.39 is 0 Å². The first-order valence-electron chi connectivity index (χ1n) is 6.59. The maximum Gasteiger partial charge on any atom is 0.131 e. The van der Waals surface area contributed by atoms with Gasteiger partial charge in [0.2, 0.25) is 0 Å². The summed E-state index contributed by atoms with van der Waals surface area (Å²) in [5.41, 5.74) is 0. The second-order valence-corrected chi connectivity index (χ2v) is 4.25. The molecule has 0 amide bonds. The van der Waals surface area contributed by atoms with Gasteiger partial charge in [0.1, 0.15) is 17.5 Å². The van der Waals surface area contributed by atoms with Crippen LogP contribution >= 0.6 is 0 Å². The molecular weight excluding hydrogens is 212 g/mol. The highest BCUT2D eigenvalue weighted by Crippen LogP contribution is 2.11. The number of aromatic nitrogens is 2. The van der Waals surface area contributed by atoms with Gasteiger partial charge in [-0.3, -0.25) is 0 Å². The number of rotatable bonds is 8. The van der Waals surface area contributed by atoms with Crippen molar-refractivity contribution in [2.45, 2.75) is 46.5 Å². The topological polar surface area (TPSA) is 49.8 Å². The van der Waals surface area contributed by atoms with E-state index >= 15 is 0 Å². The van der Waals surface area contributed by atoms with E-state index in [1.807, 2.05) is 13.0 Å². The van der Waals surface area contributed by atoms with Crippen molar-refractivity contribution in [3.05, 3.63) is 11.9 Å². The normalized spacial score (nSPS) is 10.3. The van der Waals surface area contributed by atoms with E-state index in [0.29, 0.717) is 0 Å². The Bertz CT molecular complexity index is 325. The molecule has 0 unspecified atom stereocenters. The standard InChI is InChI=1S/C13H24N4/c1-4-6-7-9-15-13-10-12(14-8-5-2)16-11(3)17-13/h10H,4-9H2,1-3H3,(H2,14,15,16,17). The zero-order chi connectivity index (χ0) is 12.5. The van der Waals surface area contributed by atoms with Gasteiger partial charge in [-0.25, -0.2) is 9.97 Å². The minimum atomic E-state index is 0.809. The number of hydrogen-bond donors (Lipinski definition) is 2. The molecular formula is C13H24N4. The lowest BCUT2D eigenvalue weighted by atomic mass is 10.2. The first-order chi connectivity index (χ1) is 8.26. The van der Waals surface area contributed by atoms with E-state index in [9.17, 15) is 0 Å². The van der Waals surface area contributed by atoms with E-state index in [1.54, 1.807) is 0 Å². The second-order valence-electron chi connectivity index (χ2n) is 4.25. The third-order valence-electron chi connectivity index (χ3n) is 2.48. The molecule has 1 heterocycles. The van der Waals surface area contributed by atoms with E-state index in [-0.39, 0.29) is 0 Å². The van der Waals surface area contributed by atoms with E-state index in [0.717, 1.165) is 37.0 Å². The zero-order valence-corrected chi connectivity index (χ0v) is 11.2. The summed E-state index contributed by atoms with van der Waals surface area (Å²) in [7, 11) is 0. The van der Waals surface area contributed by atoms with Crippen molar-refractivity contribution in [3.63, 3.8) is 0 Å². The number of hydrogen-bond acceptors (Lipinski definition) is 4. The Hall–Kier alpha value is -1.32. The van der Waals surface area contributed by atoms with Crippen molar-refractivity contribution in [2.24, 2.45) is 0 Å². The molecule has 2 N–H and O–H groups in total. The van der Waals surface area contributed by atoms with Crippen LogP contribution < -0.4 is 10.6 Å². The Morgan fingerprint density at radius 2 is 1.59 bits per heavy atom. The third-order valence-corrected chi connectivity index (χ3v) is 2.48. The van der Waals surface area contributed by atoms with Crippen LogP contribution in [0.2, 0.25) is 0 Å². The van der Waals surface area contributed by atoms with Crippen molar-refractivity contribution in [1.82, 2.24) is 9.97 Å². The lowest BCUT2D eigenvalue weighted by Crippen LogP contribution is -2.08. The lowest BCUT2D eigenvalue weighted by molar-refractivity contribution is 0.742. The predicted octanol–water partition coefficient (Wildman–Crippen LogP) is 3.21. The first-order valence-corrected chi connectivity index (χ1v) is 6.59. The second kappa shape index (κ2) is 7.87. The number of nitrogens with zero attached hydrogens (tertiary/aromatic N) is 2. The highest BCUT2D eigenvalue weighted by atomic mass is 15.1. The quantitative estimate of drug-likeness (QED) is 0.680. The fourth-order valence-electron chi connectivity index (χ4n) is 1.59. The first kappa shape index (κ1) is 13.7. The summed E-state index contributed by atoms with van der Waals surface area (Å²) in [5.74, 6) is 2.65. The van der Waals surface area contributed by atoms with Gasteiger partial charge in [0.15, 0.2) is 0 Å². The summed E-state index contributed by atoms with van der Waals surface area (Å²) >= 11 is 0. The van der Waals surface area contributed by atoms with Gasteiger partial charge in [0.05, 0.1) is 0 Å². The van der Waals surface area contributed by atoms with Crippen molar-refractivity contribution in [2.75, 3.05) is 23.7 Å². The average molecular weight is 236 g/mol. The van der Waals surface area contributed by atoms with Gasteiger partial charge in [-0.1, -0.05) is 26.7 Å². The third kappa shape index (κ3) is 5.52. The van der Waals surface area contributed by atoms with Gasteiger partial charge < -0.3 is 10.6 Å². The minimum absolute atomic E-state index is 0.809. The molecule has 0 aliphatic heterocycles. The largest absolute Gasteiger partial charge is 0.370 e. The van der Waals surface area contributed by atoms with Crippen molar-refractivity contribution in [1.29, 1.82) is 0 Å². The van der Waals surface area contributed by atoms with Crippen LogP contribution in [0.15, 0.2) is 6.07 Å². The molecule has 17 heavy (non-hydrogen) atoms. The molecule has 0 aliphatic carbocycles. The summed E-state index contributed by atoms with van der Waals surface area (Å²) in [6.07, 6.45) is 4.80. The van der Waals surface area contributed by atoms with Crippen molar-refractivity contribution >= 4 is 11.6 Å². The molecule has 0 aliphatic rings. The molecule has 0 bridgehead atoms. The minimum Gasteiger partial charge on any atom is -0.370 e. The van der Waals surface area contributed by atoms with Crippen LogP contribution in [0.5, 0.6) is 0 Å². The van der Waals surface area contributed by atoms with Gasteiger partial charge in [-0.15, -0.1) is 0 Å². The fourth-order valence-corrected chi connectivity index (χ4v) is 1.59. The molecule has 0 saturated heterocycles. The Balaban J connectivity index is 2.50. The number of anilines is 2. The lowest BCUT2D eigenvalue weighted by Gasteiger charge is -2.09. The highest BCUT2D eigenvalue weighted by Gasteiger charge is 2.00. The predicted molar refractivity (Wildman–Crippen MR) is 73.6 cm³/mol. The van der Waals surface area contributed by atoms with Gasteiger partial charge in [0, 0.05) is 19.2 Å². The van der Waals surface area contributed by atoms with Crippen LogP contribution in [0, 0.1) is 6.92 Å². The molecule has 0 aromatic carbocycles. The molecule has 0 radical (unpaired) electrons. The summed E-state index contributed by atoms with van der Waals surface area (Å²) in [6, 6.07) is 1.98. The Morgan fingerprint density at radius 1 is 0.941 bits per heavy atom. The number of aryl methyl sites for hydroxylation is 1. The highest BCUT2D eigenvalue weighted by molar-refractivity contribution is 5.47. The number of nitrogens with one attached hydrogen (secondary N) is 2. The van der Waals surface area contributed by atoms with Gasteiger partial charge in [-0.05, 0) is 19.8 Å². The fraction of sp³-hybridized carbons (Fsp3) is 0.692. The van der Waals surface area contributed by atoms with Crippen LogP contribution in [0.3, 0.4) is 0 Å². The van der Waals surface area contributed by atoms with E-state index in [1.165, 1.54) is 19.3 Å². The summed E-state index contributed by atoms with van der Waals surface area (Å²) < 4.78 is 0. The Labute approximate surface area is 104 Å². The monoisotopic (exact) mass is 236 g/mol. The summed E-state index contributed by atoms with van der Waals surface area (Å²) in [6.45, 7) is 8.21. The van der Waals surface area contributed by atoms with Crippen molar-refractivity contribution < 1.29 is 0 Å². The smallest absolute Gasteiger partial charge is 0.131 e. The molecule has 1 aromatic rings. The van der Waals surface area contributed by atoms with E-state index in [2.05, 4.69) is 34.4 Å². The van der Waals surface area contributed by atoms with Crippen LogP contribution in [-0.4, -0.2) is 23.1 Å². The molecule has 4 nitrogen and oxygen atoms in total. The molecule has 1 aromatic heterocycles. The molecule has 0 atom stereocenters. The van der Waals surface area contributed by atoms with Gasteiger partial charge in [-0.2, -0.15) is 0 Å². The maximum absolute atomic E-state index is 4.38. The van der Waals surface area contributed by atoms with Gasteiger partial charge >= 0.3 is 0 Å². The Morgan fingerprint density at radius 3 is 2.18 bits per heavy atom. The molecule has 96 valence electrons. The van der Waals surface area contributed by atoms with Gasteiger partial charge in [0.25, 0.3) is 0 Å². The average Bonchev–Trinajstić information content (AvgIpc) is 2.31. The van der Waals surface area contributed by atoms with Crippen LogP contribution in [-0.2, 0) is 0 Å².